The third-order valence-electron chi connectivity index (χ3n) is 2.22. The SMILES string of the molecule is CCCCN(CCCC)C(=S)S.CN(C)C(=S)S.[KH].[Zn]. The van der Waals surface area contributed by atoms with Gasteiger partial charge in [-0.05, 0) is 12.8 Å². The number of thiocarbonyl (C=S) groups is 2. The van der Waals surface area contributed by atoms with Crippen molar-refractivity contribution in [3.05, 3.63) is 0 Å². The van der Waals surface area contributed by atoms with Gasteiger partial charge >= 0.3 is 51.4 Å². The second kappa shape index (κ2) is 21.7. The summed E-state index contributed by atoms with van der Waals surface area (Å²) in [4.78, 5) is 3.95. The summed E-state index contributed by atoms with van der Waals surface area (Å²) in [6, 6.07) is 0. The molecule has 0 amide bonds. The maximum atomic E-state index is 5.03. The van der Waals surface area contributed by atoms with Crippen LogP contribution in [0.15, 0.2) is 0 Å². The average molecular weight is 432 g/mol. The van der Waals surface area contributed by atoms with E-state index < -0.39 is 0 Å². The molecule has 2 nitrogen and oxygen atoms in total. The number of hydrogen-bond donors (Lipinski definition) is 2. The molecule has 0 radical (unpaired) electrons. The summed E-state index contributed by atoms with van der Waals surface area (Å²) < 4.78 is 1.37. The molecule has 112 valence electrons. The molecule has 8 heteroatoms. The molecular formula is C12H27KN2S4Zn. The fraction of sp³-hybridized carbons (Fsp3) is 0.833. The van der Waals surface area contributed by atoms with E-state index in [0.717, 1.165) is 17.4 Å². The van der Waals surface area contributed by atoms with Gasteiger partial charge in [0.05, 0.1) is 0 Å². The molecule has 0 spiro atoms. The second-order valence-corrected chi connectivity index (χ2v) is 6.38. The molecule has 0 aromatic carbocycles. The molecule has 0 aliphatic heterocycles. The van der Waals surface area contributed by atoms with Crippen molar-refractivity contribution in [3.8, 4) is 0 Å². The van der Waals surface area contributed by atoms with Crippen molar-refractivity contribution in [1.29, 1.82) is 0 Å². The van der Waals surface area contributed by atoms with Gasteiger partial charge in [-0.3, -0.25) is 0 Å². The third-order valence-corrected chi connectivity index (χ3v) is 3.52. The number of unbranched alkanes of at least 4 members (excludes halogenated alkanes) is 2. The van der Waals surface area contributed by atoms with Crippen molar-refractivity contribution in [1.82, 2.24) is 9.80 Å². The minimum Gasteiger partial charge on any atom is 0 e. The van der Waals surface area contributed by atoms with Crippen LogP contribution in [-0.4, -0.2) is 97.0 Å². The standard InChI is InChI=1S/C9H19NS2.C3H7NS2.K.Zn.H/c1-3-5-7-10(9(11)12)8-6-4-2;1-4(2)3(5)6;;;/h3-8H2,1-2H3,(H,11,12);1-2H3,(H,5,6);;;. The van der Waals surface area contributed by atoms with Gasteiger partial charge in [-0.1, -0.05) is 51.1 Å². The maximum absolute atomic E-state index is 5.03. The number of hydrogen-bond acceptors (Lipinski definition) is 2. The number of nitrogens with zero attached hydrogens (tertiary/aromatic N) is 2. The van der Waals surface area contributed by atoms with E-state index in [0.29, 0.717) is 4.32 Å². The predicted octanol–water partition coefficient (Wildman–Crippen LogP) is 3.22. The molecule has 0 fully saturated rings. The predicted molar refractivity (Wildman–Crippen MR) is 105 cm³/mol. The van der Waals surface area contributed by atoms with Gasteiger partial charge in [0.25, 0.3) is 0 Å². The van der Waals surface area contributed by atoms with Crippen molar-refractivity contribution in [2.75, 3.05) is 27.2 Å². The summed E-state index contributed by atoms with van der Waals surface area (Å²) >= 11 is 17.7. The van der Waals surface area contributed by atoms with Crippen LogP contribution in [0.3, 0.4) is 0 Å². The Morgan fingerprint density at radius 2 is 1.20 bits per heavy atom. The minimum atomic E-state index is 0. The fourth-order valence-corrected chi connectivity index (χ4v) is 1.38. The van der Waals surface area contributed by atoms with Crippen LogP contribution in [0.4, 0.5) is 0 Å². The van der Waals surface area contributed by atoms with E-state index in [9.17, 15) is 0 Å². The molecule has 0 atom stereocenters. The van der Waals surface area contributed by atoms with Crippen molar-refractivity contribution in [2.45, 2.75) is 39.5 Å². The van der Waals surface area contributed by atoms with Crippen LogP contribution in [0, 0.1) is 0 Å². The summed E-state index contributed by atoms with van der Waals surface area (Å²) in [5, 5.41) is 0. The van der Waals surface area contributed by atoms with Gasteiger partial charge < -0.3 is 9.80 Å². The topological polar surface area (TPSA) is 6.48 Å². The summed E-state index contributed by atoms with van der Waals surface area (Å²) in [7, 11) is 3.71. The zero-order chi connectivity index (χ0) is 14.6. The first kappa shape index (κ1) is 30.6. The first-order chi connectivity index (χ1) is 8.36. The van der Waals surface area contributed by atoms with Gasteiger partial charge in [0.2, 0.25) is 0 Å². The third kappa shape index (κ3) is 23.0. The van der Waals surface area contributed by atoms with E-state index in [1.54, 1.807) is 4.90 Å². The Morgan fingerprint density at radius 1 is 0.900 bits per heavy atom. The van der Waals surface area contributed by atoms with Gasteiger partial charge in [0.1, 0.15) is 8.64 Å². The van der Waals surface area contributed by atoms with Crippen molar-refractivity contribution >= 4 is 110 Å². The molecular weight excluding hydrogens is 405 g/mol. The zero-order valence-corrected chi connectivity index (χ0v) is 18.9. The van der Waals surface area contributed by atoms with Gasteiger partial charge in [-0.25, -0.2) is 0 Å². The Labute approximate surface area is 202 Å². The van der Waals surface area contributed by atoms with E-state index in [1.165, 1.54) is 25.7 Å². The molecule has 0 bridgehead atoms. The van der Waals surface area contributed by atoms with Crippen LogP contribution in [0.5, 0.6) is 0 Å². The number of rotatable bonds is 6. The summed E-state index contributed by atoms with van der Waals surface area (Å²) in [6.45, 7) is 6.52. The van der Waals surface area contributed by atoms with Gasteiger partial charge in [0.15, 0.2) is 0 Å². The van der Waals surface area contributed by atoms with Gasteiger partial charge in [-0.2, -0.15) is 0 Å². The van der Waals surface area contributed by atoms with Gasteiger partial charge in [-0.15, -0.1) is 25.3 Å². The molecule has 0 aliphatic carbocycles. The summed E-state index contributed by atoms with van der Waals surface area (Å²) in [6.07, 6.45) is 4.87. The van der Waals surface area contributed by atoms with Crippen LogP contribution in [0.1, 0.15) is 39.5 Å². The first-order valence-corrected chi connectivity index (χ1v) is 7.95. The quantitative estimate of drug-likeness (QED) is 0.378. The van der Waals surface area contributed by atoms with Crippen LogP contribution in [0.25, 0.3) is 0 Å². The Balaban J connectivity index is -0.000000139. The van der Waals surface area contributed by atoms with E-state index in [4.69, 9.17) is 12.2 Å². The molecule has 0 aliphatic rings. The molecule has 20 heavy (non-hydrogen) atoms. The van der Waals surface area contributed by atoms with E-state index in [1.807, 2.05) is 14.1 Å². The Kier molecular flexibility index (Phi) is 33.3. The van der Waals surface area contributed by atoms with Crippen LogP contribution >= 0.6 is 49.7 Å². The molecule has 0 rings (SSSR count). The molecule has 0 N–H and O–H groups in total. The number of thiol groups is 2. The maximum Gasteiger partial charge on any atom is 0 e. The molecule has 0 heterocycles. The normalized spacial score (nSPS) is 8.30. The van der Waals surface area contributed by atoms with E-state index >= 15 is 0 Å². The first-order valence-electron chi connectivity index (χ1n) is 6.24. The second-order valence-electron chi connectivity index (χ2n) is 4.15. The molecule has 0 saturated carbocycles. The van der Waals surface area contributed by atoms with Crippen molar-refractivity contribution in [2.24, 2.45) is 0 Å². The summed E-state index contributed by atoms with van der Waals surface area (Å²) in [5.41, 5.74) is 0. The van der Waals surface area contributed by atoms with Gasteiger partial charge in [0, 0.05) is 46.7 Å². The minimum absolute atomic E-state index is 0. The van der Waals surface area contributed by atoms with Crippen molar-refractivity contribution < 1.29 is 19.5 Å². The van der Waals surface area contributed by atoms with Crippen molar-refractivity contribution in [3.63, 3.8) is 0 Å². The Morgan fingerprint density at radius 3 is 1.35 bits per heavy atom. The Bertz CT molecular complexity index is 235. The average Bonchev–Trinajstić information content (AvgIpc) is 2.29. The molecule has 0 unspecified atom stereocenters. The zero-order valence-electron chi connectivity index (χ0n) is 12.6. The molecule has 0 saturated heterocycles. The van der Waals surface area contributed by atoms with E-state index in [-0.39, 0.29) is 70.9 Å². The van der Waals surface area contributed by atoms with Crippen LogP contribution in [0.2, 0.25) is 0 Å². The van der Waals surface area contributed by atoms with Crippen LogP contribution < -0.4 is 0 Å². The summed E-state index contributed by atoms with van der Waals surface area (Å²) in [5.74, 6) is 0. The largest absolute Gasteiger partial charge is 0 e. The smallest absolute Gasteiger partial charge is 0 e. The molecule has 0 aromatic heterocycles. The molecule has 0 aromatic rings. The Hall–Kier alpha value is 2.74. The van der Waals surface area contributed by atoms with Crippen LogP contribution in [-0.2, 0) is 19.5 Å². The fourth-order valence-electron chi connectivity index (χ4n) is 1.00. The monoisotopic (exact) mass is 430 g/mol. The van der Waals surface area contributed by atoms with E-state index in [2.05, 4.69) is 56.2 Å².